The van der Waals surface area contributed by atoms with E-state index in [-0.39, 0.29) is 12.1 Å². The molecule has 0 aliphatic carbocycles. The molecular formula is C28H27N3O3. The zero-order valence-corrected chi connectivity index (χ0v) is 19.5. The molecular weight excluding hydrogens is 426 g/mol. The van der Waals surface area contributed by atoms with Crippen LogP contribution < -0.4 is 14.8 Å². The van der Waals surface area contributed by atoms with Crippen molar-refractivity contribution in [1.82, 2.24) is 9.47 Å². The van der Waals surface area contributed by atoms with E-state index in [1.54, 1.807) is 32.4 Å². The molecule has 0 unspecified atom stereocenters. The summed E-state index contributed by atoms with van der Waals surface area (Å²) < 4.78 is 13.0. The van der Waals surface area contributed by atoms with E-state index in [0.29, 0.717) is 23.7 Å². The number of rotatable bonds is 4. The van der Waals surface area contributed by atoms with E-state index >= 15 is 0 Å². The Kier molecular flexibility index (Phi) is 5.72. The number of nitrogens with one attached hydrogen (secondary N) is 1. The molecule has 0 bridgehead atoms. The molecule has 3 aromatic carbocycles. The van der Waals surface area contributed by atoms with Gasteiger partial charge in [0.05, 0.1) is 32.1 Å². The van der Waals surface area contributed by atoms with Crippen molar-refractivity contribution in [2.45, 2.75) is 19.5 Å². The van der Waals surface area contributed by atoms with Gasteiger partial charge in [-0.05, 0) is 53.9 Å². The number of para-hydroxylation sites is 1. The Bertz CT molecular complexity index is 1340. The number of ether oxygens (including phenoxy) is 2. The third-order valence-electron chi connectivity index (χ3n) is 6.36. The van der Waals surface area contributed by atoms with Crippen LogP contribution in [0.4, 0.5) is 10.5 Å². The van der Waals surface area contributed by atoms with Gasteiger partial charge in [-0.15, -0.1) is 0 Å². The third kappa shape index (κ3) is 3.77. The molecule has 2 amide bonds. The summed E-state index contributed by atoms with van der Waals surface area (Å²) in [6, 6.07) is 25.4. The normalized spacial score (nSPS) is 14.6. The molecule has 1 aliphatic rings. The van der Waals surface area contributed by atoms with E-state index in [0.717, 1.165) is 28.1 Å². The lowest BCUT2D eigenvalue weighted by Crippen LogP contribution is -2.38. The smallest absolute Gasteiger partial charge is 0.323 e. The van der Waals surface area contributed by atoms with Gasteiger partial charge in [-0.25, -0.2) is 4.79 Å². The van der Waals surface area contributed by atoms with Crippen molar-refractivity contribution < 1.29 is 14.3 Å². The zero-order valence-electron chi connectivity index (χ0n) is 19.5. The van der Waals surface area contributed by atoms with Crippen LogP contribution in [0.25, 0.3) is 5.69 Å². The van der Waals surface area contributed by atoms with E-state index in [9.17, 15) is 4.79 Å². The Morgan fingerprint density at radius 2 is 1.74 bits per heavy atom. The highest BCUT2D eigenvalue weighted by Crippen LogP contribution is 2.38. The fourth-order valence-corrected chi connectivity index (χ4v) is 4.66. The Hall–Kier alpha value is -4.19. The maximum atomic E-state index is 13.9. The van der Waals surface area contributed by atoms with Crippen molar-refractivity contribution >= 4 is 11.7 Å². The second-order valence-electron chi connectivity index (χ2n) is 8.32. The van der Waals surface area contributed by atoms with Crippen molar-refractivity contribution in [2.24, 2.45) is 0 Å². The van der Waals surface area contributed by atoms with Gasteiger partial charge in [0.15, 0.2) is 0 Å². The van der Waals surface area contributed by atoms with Gasteiger partial charge in [0.2, 0.25) is 0 Å². The maximum Gasteiger partial charge on any atom is 0.323 e. The molecule has 0 saturated carbocycles. The zero-order chi connectivity index (χ0) is 23.7. The van der Waals surface area contributed by atoms with Crippen molar-refractivity contribution in [1.29, 1.82) is 0 Å². The highest BCUT2D eigenvalue weighted by molar-refractivity contribution is 5.92. The van der Waals surface area contributed by atoms with Crippen LogP contribution in [0, 0.1) is 6.92 Å². The number of carbonyl (C=O) groups excluding carboxylic acids is 1. The summed E-state index contributed by atoms with van der Waals surface area (Å²) in [4.78, 5) is 15.8. The van der Waals surface area contributed by atoms with Gasteiger partial charge >= 0.3 is 6.03 Å². The maximum absolute atomic E-state index is 13.9. The van der Waals surface area contributed by atoms with Crippen LogP contribution in [0.2, 0.25) is 0 Å². The molecule has 1 atom stereocenters. The fourth-order valence-electron chi connectivity index (χ4n) is 4.66. The fraction of sp³-hybridized carbons (Fsp3) is 0.179. The number of hydrogen-bond acceptors (Lipinski definition) is 3. The molecule has 6 heteroatoms. The van der Waals surface area contributed by atoms with E-state index in [1.165, 1.54) is 0 Å². The number of anilines is 1. The molecule has 5 rings (SSSR count). The second-order valence-corrected chi connectivity index (χ2v) is 8.32. The van der Waals surface area contributed by atoms with Crippen LogP contribution in [0.5, 0.6) is 11.5 Å². The van der Waals surface area contributed by atoms with Crippen LogP contribution >= 0.6 is 0 Å². The van der Waals surface area contributed by atoms with Gasteiger partial charge in [0.1, 0.15) is 17.5 Å². The molecule has 1 N–H and O–H groups in total. The highest BCUT2D eigenvalue weighted by Gasteiger charge is 2.34. The number of aryl methyl sites for hydroxylation is 1. The van der Waals surface area contributed by atoms with Crippen LogP contribution in [-0.4, -0.2) is 29.7 Å². The quantitative estimate of drug-likeness (QED) is 0.416. The van der Waals surface area contributed by atoms with Gasteiger partial charge in [0, 0.05) is 18.0 Å². The number of nitrogens with zero attached hydrogens (tertiary/aromatic N) is 2. The number of carbonyl (C=O) groups is 1. The first-order valence-electron chi connectivity index (χ1n) is 11.2. The summed E-state index contributed by atoms with van der Waals surface area (Å²) >= 11 is 0. The number of amides is 2. The molecule has 1 aliphatic heterocycles. The molecule has 0 radical (unpaired) electrons. The summed E-state index contributed by atoms with van der Waals surface area (Å²) in [5.74, 6) is 1.21. The molecule has 172 valence electrons. The topological polar surface area (TPSA) is 55.7 Å². The van der Waals surface area contributed by atoms with Crippen molar-refractivity contribution in [3.8, 4) is 17.2 Å². The minimum atomic E-state index is -0.278. The van der Waals surface area contributed by atoms with E-state index in [2.05, 4.69) is 53.3 Å². The molecule has 2 heterocycles. The molecule has 0 fully saturated rings. The molecule has 0 saturated heterocycles. The largest absolute Gasteiger partial charge is 0.497 e. The van der Waals surface area contributed by atoms with E-state index in [1.807, 2.05) is 35.2 Å². The molecule has 1 aromatic heterocycles. The number of hydrogen-bond donors (Lipinski definition) is 1. The van der Waals surface area contributed by atoms with Crippen molar-refractivity contribution in [3.05, 3.63) is 107 Å². The summed E-state index contributed by atoms with van der Waals surface area (Å²) in [6.07, 6.45) is 2.06. The van der Waals surface area contributed by atoms with E-state index in [4.69, 9.17) is 9.47 Å². The molecule has 4 aromatic rings. The highest BCUT2D eigenvalue weighted by atomic mass is 16.5. The Labute approximate surface area is 199 Å². The van der Waals surface area contributed by atoms with Gasteiger partial charge in [-0.2, -0.15) is 0 Å². The van der Waals surface area contributed by atoms with E-state index < -0.39 is 0 Å². The van der Waals surface area contributed by atoms with Crippen LogP contribution in [0.1, 0.15) is 28.4 Å². The Morgan fingerprint density at radius 3 is 2.53 bits per heavy atom. The average molecular weight is 454 g/mol. The predicted octanol–water partition coefficient (Wildman–Crippen LogP) is 5.94. The minimum absolute atomic E-state index is 0.218. The SMILES string of the molecule is COc1ccc(OC)c(NC(=O)N2Cc3ccccc3-n3cccc3[C@@H]2c2ccccc2C)c1. The Morgan fingerprint density at radius 1 is 0.941 bits per heavy atom. The molecule has 34 heavy (non-hydrogen) atoms. The molecule has 0 spiro atoms. The number of aromatic nitrogens is 1. The van der Waals surface area contributed by atoms with Crippen molar-refractivity contribution in [2.75, 3.05) is 19.5 Å². The standard InChI is InChI=1S/C28H27N3O3/c1-19-9-4-6-11-22(19)27-25-13-8-16-30(25)24-12-7-5-10-20(24)18-31(27)28(32)29-23-17-21(33-2)14-15-26(23)34-3/h4-17,27H,18H2,1-3H3,(H,29,32)/t27-/m0/s1. The number of methoxy groups -OCH3 is 2. The molecule has 6 nitrogen and oxygen atoms in total. The van der Waals surface area contributed by atoms with Crippen LogP contribution in [0.15, 0.2) is 85.1 Å². The minimum Gasteiger partial charge on any atom is -0.497 e. The number of fused-ring (bicyclic) bond motifs is 3. The first-order valence-corrected chi connectivity index (χ1v) is 11.2. The first-order chi connectivity index (χ1) is 16.6. The number of benzene rings is 3. The summed E-state index contributed by atoms with van der Waals surface area (Å²) in [5, 5.41) is 3.08. The lowest BCUT2D eigenvalue weighted by Gasteiger charge is -2.32. The van der Waals surface area contributed by atoms with Gasteiger partial charge in [-0.1, -0.05) is 42.5 Å². The lowest BCUT2D eigenvalue weighted by atomic mass is 9.97. The monoisotopic (exact) mass is 453 g/mol. The van der Waals surface area contributed by atoms with Gasteiger partial charge < -0.3 is 24.3 Å². The third-order valence-corrected chi connectivity index (χ3v) is 6.36. The summed E-state index contributed by atoms with van der Waals surface area (Å²) in [7, 11) is 3.18. The summed E-state index contributed by atoms with van der Waals surface area (Å²) in [5.41, 5.74) is 5.96. The Balaban J connectivity index is 1.64. The second kappa shape index (κ2) is 8.98. The first kappa shape index (κ1) is 21.6. The predicted molar refractivity (Wildman–Crippen MR) is 133 cm³/mol. The van der Waals surface area contributed by atoms with Gasteiger partial charge in [0.25, 0.3) is 0 Å². The van der Waals surface area contributed by atoms with Gasteiger partial charge in [-0.3, -0.25) is 0 Å². The van der Waals surface area contributed by atoms with Crippen molar-refractivity contribution in [3.63, 3.8) is 0 Å². The lowest BCUT2D eigenvalue weighted by molar-refractivity contribution is 0.194. The van der Waals surface area contributed by atoms with Crippen LogP contribution in [0.3, 0.4) is 0 Å². The van der Waals surface area contributed by atoms with Crippen LogP contribution in [-0.2, 0) is 6.54 Å². The number of urea groups is 1. The average Bonchev–Trinajstić information content (AvgIpc) is 3.29. The summed E-state index contributed by atoms with van der Waals surface area (Å²) in [6.45, 7) is 2.54.